The Hall–Kier alpha value is 0.0700. The summed E-state index contributed by atoms with van der Waals surface area (Å²) >= 11 is 0. The molecular weight excluding hydrogens is 279 g/mol. The number of aliphatic hydroxyl groups is 1. The fourth-order valence-electron chi connectivity index (χ4n) is 2.53. The van der Waals surface area contributed by atoms with Crippen LogP contribution in [0.3, 0.4) is 0 Å². The SMILES string of the molecule is CCCCCCOP(=O)(O)OCC1CCC(CO)CC1. The third-order valence-electron chi connectivity index (χ3n) is 3.95. The van der Waals surface area contributed by atoms with E-state index < -0.39 is 7.82 Å². The quantitative estimate of drug-likeness (QED) is 0.477. The predicted molar refractivity (Wildman–Crippen MR) is 78.4 cm³/mol. The van der Waals surface area contributed by atoms with Gasteiger partial charge in [-0.2, -0.15) is 0 Å². The second-order valence-corrected chi connectivity index (χ2v) is 7.18. The van der Waals surface area contributed by atoms with E-state index in [1.165, 1.54) is 0 Å². The molecule has 120 valence electrons. The smallest absolute Gasteiger partial charge is 0.396 e. The van der Waals surface area contributed by atoms with E-state index in [4.69, 9.17) is 14.2 Å². The fourth-order valence-corrected chi connectivity index (χ4v) is 3.36. The maximum atomic E-state index is 11.7. The zero-order valence-corrected chi connectivity index (χ0v) is 13.4. The van der Waals surface area contributed by atoms with Gasteiger partial charge in [0.05, 0.1) is 13.2 Å². The van der Waals surface area contributed by atoms with Crippen LogP contribution in [-0.2, 0) is 13.6 Å². The van der Waals surface area contributed by atoms with Gasteiger partial charge in [-0.25, -0.2) is 4.57 Å². The van der Waals surface area contributed by atoms with Gasteiger partial charge in [-0.15, -0.1) is 0 Å². The maximum absolute atomic E-state index is 11.7. The van der Waals surface area contributed by atoms with E-state index in [2.05, 4.69) is 6.92 Å². The van der Waals surface area contributed by atoms with Crippen molar-refractivity contribution in [2.75, 3.05) is 19.8 Å². The Kier molecular flexibility index (Phi) is 8.98. The Balaban J connectivity index is 2.11. The fraction of sp³-hybridized carbons (Fsp3) is 1.00. The van der Waals surface area contributed by atoms with Crippen molar-refractivity contribution >= 4 is 7.82 Å². The molecule has 0 amide bonds. The van der Waals surface area contributed by atoms with E-state index in [0.29, 0.717) is 11.8 Å². The predicted octanol–water partition coefficient (Wildman–Crippen LogP) is 3.50. The van der Waals surface area contributed by atoms with Gasteiger partial charge in [-0.1, -0.05) is 26.2 Å². The van der Waals surface area contributed by atoms with Crippen molar-refractivity contribution in [1.82, 2.24) is 0 Å². The van der Waals surface area contributed by atoms with Crippen LogP contribution in [0, 0.1) is 11.8 Å². The molecule has 0 bridgehead atoms. The molecule has 5 nitrogen and oxygen atoms in total. The molecule has 1 atom stereocenters. The van der Waals surface area contributed by atoms with Crippen LogP contribution in [-0.4, -0.2) is 29.8 Å². The molecule has 2 N–H and O–H groups in total. The first-order valence-electron chi connectivity index (χ1n) is 7.80. The number of unbranched alkanes of at least 4 members (excludes halogenated alkanes) is 3. The van der Waals surface area contributed by atoms with Crippen LogP contribution in [0.4, 0.5) is 0 Å². The van der Waals surface area contributed by atoms with Crippen LogP contribution in [0.5, 0.6) is 0 Å². The third kappa shape index (κ3) is 7.75. The summed E-state index contributed by atoms with van der Waals surface area (Å²) in [4.78, 5) is 9.57. The molecule has 0 aromatic carbocycles. The van der Waals surface area contributed by atoms with E-state index in [0.717, 1.165) is 51.4 Å². The van der Waals surface area contributed by atoms with Gasteiger partial charge >= 0.3 is 7.82 Å². The average molecular weight is 308 g/mol. The van der Waals surface area contributed by atoms with Gasteiger partial charge in [-0.05, 0) is 43.9 Å². The molecular formula is C14H29O5P. The average Bonchev–Trinajstić information content (AvgIpc) is 2.45. The minimum atomic E-state index is -3.88. The topological polar surface area (TPSA) is 76.0 Å². The number of rotatable bonds is 10. The van der Waals surface area contributed by atoms with Crippen LogP contribution >= 0.6 is 7.82 Å². The lowest BCUT2D eigenvalue weighted by Gasteiger charge is -2.27. The Morgan fingerprint density at radius 3 is 2.30 bits per heavy atom. The third-order valence-corrected chi connectivity index (χ3v) is 4.93. The Labute approximate surface area is 122 Å². The minimum Gasteiger partial charge on any atom is -0.396 e. The van der Waals surface area contributed by atoms with Crippen LogP contribution in [0.1, 0.15) is 58.3 Å². The van der Waals surface area contributed by atoms with Crippen molar-refractivity contribution in [3.63, 3.8) is 0 Å². The molecule has 1 aliphatic rings. The second-order valence-electron chi connectivity index (χ2n) is 5.73. The highest BCUT2D eigenvalue weighted by molar-refractivity contribution is 7.47. The minimum absolute atomic E-state index is 0.243. The van der Waals surface area contributed by atoms with Crippen molar-refractivity contribution in [2.45, 2.75) is 58.3 Å². The maximum Gasteiger partial charge on any atom is 0.472 e. The lowest BCUT2D eigenvalue weighted by atomic mass is 9.83. The first-order chi connectivity index (χ1) is 9.57. The highest BCUT2D eigenvalue weighted by Gasteiger charge is 2.26. The highest BCUT2D eigenvalue weighted by atomic mass is 31.2. The van der Waals surface area contributed by atoms with Crippen molar-refractivity contribution in [3.8, 4) is 0 Å². The number of aliphatic hydroxyl groups excluding tert-OH is 1. The largest absolute Gasteiger partial charge is 0.472 e. The zero-order chi connectivity index (χ0) is 14.8. The summed E-state index contributed by atoms with van der Waals surface area (Å²) in [5.41, 5.74) is 0. The first-order valence-corrected chi connectivity index (χ1v) is 9.29. The number of phosphoric ester groups is 1. The monoisotopic (exact) mass is 308 g/mol. The number of hydrogen-bond donors (Lipinski definition) is 2. The Morgan fingerprint density at radius 2 is 1.70 bits per heavy atom. The number of phosphoric acid groups is 1. The molecule has 0 spiro atoms. The molecule has 0 heterocycles. The molecule has 1 rings (SSSR count). The van der Waals surface area contributed by atoms with Gasteiger partial charge in [0.1, 0.15) is 0 Å². The normalized spacial score (nSPS) is 26.4. The summed E-state index contributed by atoms with van der Waals surface area (Å²) in [6, 6.07) is 0. The standard InChI is InChI=1S/C14H29O5P/c1-2-3-4-5-10-18-20(16,17)19-12-14-8-6-13(11-15)7-9-14/h13-15H,2-12H2,1H3,(H,16,17). The van der Waals surface area contributed by atoms with Crippen molar-refractivity contribution in [3.05, 3.63) is 0 Å². The summed E-state index contributed by atoms with van der Waals surface area (Å²) < 4.78 is 21.7. The zero-order valence-electron chi connectivity index (χ0n) is 12.5. The summed E-state index contributed by atoms with van der Waals surface area (Å²) in [5, 5.41) is 9.06. The van der Waals surface area contributed by atoms with Gasteiger partial charge in [0.25, 0.3) is 0 Å². The van der Waals surface area contributed by atoms with Crippen molar-refractivity contribution < 1.29 is 23.6 Å². The van der Waals surface area contributed by atoms with Gasteiger partial charge < -0.3 is 10.00 Å². The molecule has 0 aliphatic heterocycles. The van der Waals surface area contributed by atoms with E-state index in [1.54, 1.807) is 0 Å². The Morgan fingerprint density at radius 1 is 1.05 bits per heavy atom. The summed E-state index contributed by atoms with van der Waals surface area (Å²) in [6.45, 7) is 2.92. The van der Waals surface area contributed by atoms with Crippen LogP contribution < -0.4 is 0 Å². The van der Waals surface area contributed by atoms with Crippen molar-refractivity contribution in [2.24, 2.45) is 11.8 Å². The highest BCUT2D eigenvalue weighted by Crippen LogP contribution is 2.44. The number of hydrogen-bond acceptors (Lipinski definition) is 4. The molecule has 1 unspecified atom stereocenters. The molecule has 1 aliphatic carbocycles. The molecule has 1 saturated carbocycles. The van der Waals surface area contributed by atoms with E-state index in [9.17, 15) is 9.46 Å². The van der Waals surface area contributed by atoms with Gasteiger partial charge in [-0.3, -0.25) is 9.05 Å². The lowest BCUT2D eigenvalue weighted by Crippen LogP contribution is -2.20. The van der Waals surface area contributed by atoms with Crippen LogP contribution in [0.25, 0.3) is 0 Å². The molecule has 6 heteroatoms. The van der Waals surface area contributed by atoms with Crippen molar-refractivity contribution in [1.29, 1.82) is 0 Å². The molecule has 0 saturated heterocycles. The summed E-state index contributed by atoms with van der Waals surface area (Å²) in [7, 11) is -3.88. The molecule has 0 radical (unpaired) electrons. The van der Waals surface area contributed by atoms with E-state index in [1.807, 2.05) is 0 Å². The van der Waals surface area contributed by atoms with Crippen LogP contribution in [0.15, 0.2) is 0 Å². The molecule has 0 aromatic heterocycles. The summed E-state index contributed by atoms with van der Waals surface area (Å²) in [6.07, 6.45) is 7.89. The van der Waals surface area contributed by atoms with Gasteiger partial charge in [0.2, 0.25) is 0 Å². The van der Waals surface area contributed by atoms with Gasteiger partial charge in [0.15, 0.2) is 0 Å². The Bertz CT molecular complexity index is 289. The second kappa shape index (κ2) is 9.91. The van der Waals surface area contributed by atoms with E-state index in [-0.39, 0.29) is 19.8 Å². The first kappa shape index (κ1) is 18.1. The van der Waals surface area contributed by atoms with E-state index >= 15 is 0 Å². The van der Waals surface area contributed by atoms with Crippen LogP contribution in [0.2, 0.25) is 0 Å². The molecule has 0 aromatic rings. The lowest BCUT2D eigenvalue weighted by molar-refractivity contribution is 0.102. The molecule has 20 heavy (non-hydrogen) atoms. The van der Waals surface area contributed by atoms with Gasteiger partial charge in [0, 0.05) is 6.61 Å². The molecule has 1 fully saturated rings. The summed E-state index contributed by atoms with van der Waals surface area (Å²) in [5.74, 6) is 0.698.